The molecule has 0 amide bonds. The molecule has 1 unspecified atom stereocenters. The van der Waals surface area contributed by atoms with Gasteiger partial charge in [0.05, 0.1) is 13.0 Å². The number of rotatable bonds is 10. The number of ether oxygens (including phenoxy) is 1. The van der Waals surface area contributed by atoms with Crippen molar-refractivity contribution in [2.45, 2.75) is 62.9 Å². The van der Waals surface area contributed by atoms with Crippen LogP contribution in [-0.2, 0) is 8.85 Å². The summed E-state index contributed by atoms with van der Waals surface area (Å²) in [7, 11) is -2.78. The Morgan fingerprint density at radius 3 is 2.00 bits per heavy atom. The van der Waals surface area contributed by atoms with Gasteiger partial charge in [-0.15, -0.1) is 0 Å². The highest BCUT2D eigenvalue weighted by Gasteiger charge is 2.65. The lowest BCUT2D eigenvalue weighted by atomic mass is 10.1. The molecular formula is C11H20F8O2Si2. The first-order chi connectivity index (χ1) is 10.1. The van der Waals surface area contributed by atoms with E-state index in [2.05, 4.69) is 4.74 Å². The molecule has 0 N–H and O–H groups in total. The van der Waals surface area contributed by atoms with Crippen molar-refractivity contribution in [1.29, 1.82) is 0 Å². The maximum atomic E-state index is 13.2. The van der Waals surface area contributed by atoms with Crippen LogP contribution in [0.2, 0.25) is 25.7 Å². The lowest BCUT2D eigenvalue weighted by molar-refractivity contribution is -0.366. The van der Waals surface area contributed by atoms with Crippen LogP contribution in [0.1, 0.15) is 12.8 Å². The van der Waals surface area contributed by atoms with Gasteiger partial charge in [0.2, 0.25) is 0 Å². The fraction of sp³-hybridized carbons (Fsp3) is 1.00. The summed E-state index contributed by atoms with van der Waals surface area (Å²) in [6, 6.07) is 0.358. The molecule has 2 nitrogen and oxygen atoms in total. The van der Waals surface area contributed by atoms with Crippen molar-refractivity contribution in [2.24, 2.45) is 0 Å². The summed E-state index contributed by atoms with van der Waals surface area (Å²) in [6.07, 6.45) is -17.4. The molecule has 0 aromatic heterocycles. The summed E-state index contributed by atoms with van der Waals surface area (Å²) in [5, 5.41) is 0. The molecule has 0 rings (SSSR count). The third kappa shape index (κ3) is 7.94. The SMILES string of the molecule is C[SiH2]O[Si](C)(C)CCCOC(F)(F)C(F)(F)C(F)CC(F)(F)F. The zero-order valence-corrected chi connectivity index (χ0v) is 15.4. The quantitative estimate of drug-likeness (QED) is 0.314. The first-order valence-electron chi connectivity index (χ1n) is 6.89. The zero-order chi connectivity index (χ0) is 18.5. The molecule has 0 aliphatic rings. The second kappa shape index (κ2) is 8.25. The Labute approximate surface area is 132 Å². The minimum absolute atomic E-state index is 0.0322. The average molecular weight is 392 g/mol. The van der Waals surface area contributed by atoms with E-state index < -0.39 is 55.5 Å². The van der Waals surface area contributed by atoms with Crippen molar-refractivity contribution < 1.29 is 44.0 Å². The summed E-state index contributed by atoms with van der Waals surface area (Å²) in [4.78, 5) is 0. The highest BCUT2D eigenvalue weighted by Crippen LogP contribution is 2.43. The van der Waals surface area contributed by atoms with Crippen LogP contribution in [0.3, 0.4) is 0 Å². The summed E-state index contributed by atoms with van der Waals surface area (Å²) in [5.41, 5.74) is 0. The van der Waals surface area contributed by atoms with E-state index in [4.69, 9.17) is 4.12 Å². The summed E-state index contributed by atoms with van der Waals surface area (Å²) in [6.45, 7) is 4.68. The van der Waals surface area contributed by atoms with Gasteiger partial charge in [0.15, 0.2) is 14.5 Å². The molecule has 0 aliphatic carbocycles. The first kappa shape index (κ1) is 22.8. The van der Waals surface area contributed by atoms with Crippen LogP contribution in [0.25, 0.3) is 0 Å². The van der Waals surface area contributed by atoms with Crippen molar-refractivity contribution >= 4 is 18.1 Å². The van der Waals surface area contributed by atoms with Gasteiger partial charge in [-0.1, -0.05) is 6.55 Å². The summed E-state index contributed by atoms with van der Waals surface area (Å²) < 4.78 is 110. The van der Waals surface area contributed by atoms with Crippen LogP contribution in [0.5, 0.6) is 0 Å². The molecule has 0 fully saturated rings. The summed E-state index contributed by atoms with van der Waals surface area (Å²) in [5.74, 6) is -5.57. The van der Waals surface area contributed by atoms with E-state index in [9.17, 15) is 35.1 Å². The molecule has 0 bridgehead atoms. The van der Waals surface area contributed by atoms with Gasteiger partial charge in [-0.3, -0.25) is 0 Å². The van der Waals surface area contributed by atoms with Gasteiger partial charge in [-0.25, -0.2) is 4.39 Å². The van der Waals surface area contributed by atoms with E-state index in [1.165, 1.54) is 0 Å². The second-order valence-electron chi connectivity index (χ2n) is 5.57. The molecular weight excluding hydrogens is 372 g/mol. The fourth-order valence-electron chi connectivity index (χ4n) is 1.77. The largest absolute Gasteiger partial charge is 0.461 e. The molecule has 12 heteroatoms. The van der Waals surface area contributed by atoms with E-state index in [0.717, 1.165) is 0 Å². The normalized spacial score (nSPS) is 16.3. The third-order valence-corrected chi connectivity index (χ3v) is 8.77. The highest BCUT2D eigenvalue weighted by molar-refractivity contribution is 6.74. The summed E-state index contributed by atoms with van der Waals surface area (Å²) >= 11 is 0. The Hall–Kier alpha value is -0.206. The van der Waals surface area contributed by atoms with Gasteiger partial charge in [-0.05, 0) is 25.6 Å². The molecule has 1 atom stereocenters. The molecule has 0 aromatic carbocycles. The van der Waals surface area contributed by atoms with Gasteiger partial charge in [-0.2, -0.15) is 30.7 Å². The van der Waals surface area contributed by atoms with Gasteiger partial charge >= 0.3 is 18.2 Å². The number of hydrogen-bond donors (Lipinski definition) is 0. The van der Waals surface area contributed by atoms with Crippen LogP contribution in [0.4, 0.5) is 35.1 Å². The van der Waals surface area contributed by atoms with E-state index in [-0.39, 0.29) is 6.42 Å². The van der Waals surface area contributed by atoms with Gasteiger partial charge in [0.1, 0.15) is 9.76 Å². The van der Waals surface area contributed by atoms with Gasteiger partial charge < -0.3 is 8.85 Å². The van der Waals surface area contributed by atoms with Gasteiger partial charge in [0.25, 0.3) is 0 Å². The Kier molecular flexibility index (Phi) is 8.18. The monoisotopic (exact) mass is 392 g/mol. The van der Waals surface area contributed by atoms with Crippen LogP contribution in [0.15, 0.2) is 0 Å². The van der Waals surface area contributed by atoms with Gasteiger partial charge in [0, 0.05) is 0 Å². The van der Waals surface area contributed by atoms with E-state index in [1.54, 1.807) is 0 Å². The maximum Gasteiger partial charge on any atom is 0.422 e. The standard InChI is InChI=1S/C11H20F8O2Si2/c1-22-21-23(2,3)6-4-5-20-11(18,19)10(16,17)8(12)7-9(13,14)15/h8H,4-7,22H2,1-3H3. The zero-order valence-electron chi connectivity index (χ0n) is 13.0. The molecule has 0 spiro atoms. The molecule has 0 saturated heterocycles. The molecule has 0 heterocycles. The van der Waals surface area contributed by atoms with Crippen LogP contribution in [0, 0.1) is 0 Å². The fourth-order valence-corrected chi connectivity index (χ4v) is 6.47. The molecule has 0 aromatic rings. The third-order valence-electron chi connectivity index (χ3n) is 2.93. The molecule has 0 radical (unpaired) electrons. The minimum Gasteiger partial charge on any atom is -0.461 e. The van der Waals surface area contributed by atoms with Crippen LogP contribution in [-0.4, -0.2) is 49.1 Å². The lowest BCUT2D eigenvalue weighted by Gasteiger charge is -2.29. The lowest BCUT2D eigenvalue weighted by Crippen LogP contribution is -2.51. The number of halogens is 8. The van der Waals surface area contributed by atoms with Crippen molar-refractivity contribution in [3.8, 4) is 0 Å². The Morgan fingerprint density at radius 1 is 1.04 bits per heavy atom. The minimum atomic E-state index is -5.57. The van der Waals surface area contributed by atoms with Crippen molar-refractivity contribution in [3.05, 3.63) is 0 Å². The molecule has 0 saturated carbocycles. The Bertz CT molecular complexity index is 362. The van der Waals surface area contributed by atoms with E-state index in [0.29, 0.717) is 6.04 Å². The second-order valence-corrected chi connectivity index (χ2v) is 11.3. The smallest absolute Gasteiger partial charge is 0.422 e. The van der Waals surface area contributed by atoms with Crippen LogP contribution < -0.4 is 0 Å². The Balaban J connectivity index is 4.55. The molecule has 0 aliphatic heterocycles. The predicted octanol–water partition coefficient (Wildman–Crippen LogP) is 4.27. The highest BCUT2D eigenvalue weighted by atomic mass is 28.4. The van der Waals surface area contributed by atoms with Crippen molar-refractivity contribution in [3.63, 3.8) is 0 Å². The number of hydrogen-bond acceptors (Lipinski definition) is 2. The van der Waals surface area contributed by atoms with Crippen molar-refractivity contribution in [1.82, 2.24) is 0 Å². The first-order valence-corrected chi connectivity index (χ1v) is 12.0. The molecule has 23 heavy (non-hydrogen) atoms. The maximum absolute atomic E-state index is 13.2. The predicted molar refractivity (Wildman–Crippen MR) is 73.8 cm³/mol. The topological polar surface area (TPSA) is 18.5 Å². The van der Waals surface area contributed by atoms with E-state index >= 15 is 0 Å². The molecule has 140 valence electrons. The van der Waals surface area contributed by atoms with Crippen molar-refractivity contribution in [2.75, 3.05) is 6.61 Å². The van der Waals surface area contributed by atoms with E-state index in [1.807, 2.05) is 19.6 Å². The Morgan fingerprint density at radius 2 is 1.57 bits per heavy atom. The van der Waals surface area contributed by atoms with Crippen LogP contribution >= 0.6 is 0 Å². The average Bonchev–Trinajstić information content (AvgIpc) is 2.32. The number of alkyl halides is 8.